The molecular weight excluding hydrogens is 252 g/mol. The molecule has 0 saturated carbocycles. The number of carbonyl (C=O) groups is 1. The highest BCUT2D eigenvalue weighted by atomic mass is 16.5. The molecular formula is C17H16O3. The molecule has 3 nitrogen and oxygen atoms in total. The van der Waals surface area contributed by atoms with Crippen molar-refractivity contribution in [2.45, 2.75) is 12.2 Å². The summed E-state index contributed by atoms with van der Waals surface area (Å²) in [4.78, 5) is 12.4. The monoisotopic (exact) mass is 268 g/mol. The number of hydrogen-bond donors (Lipinski definition) is 2. The minimum Gasteiger partial charge on any atom is -0.356 e. The highest BCUT2D eigenvalue weighted by Gasteiger charge is 2.36. The Hall–Kier alpha value is -2.23. The van der Waals surface area contributed by atoms with Crippen molar-refractivity contribution in [1.29, 1.82) is 0 Å². The smallest absolute Gasteiger partial charge is 0.256 e. The molecule has 0 aliphatic rings. The second kappa shape index (κ2) is 5.82. The Balaban J connectivity index is 2.43. The van der Waals surface area contributed by atoms with Gasteiger partial charge in [0, 0.05) is 11.1 Å². The van der Waals surface area contributed by atoms with Crippen LogP contribution in [0.5, 0.6) is 0 Å². The lowest BCUT2D eigenvalue weighted by atomic mass is 9.92. The Labute approximate surface area is 117 Å². The van der Waals surface area contributed by atoms with Crippen molar-refractivity contribution in [3.63, 3.8) is 0 Å². The van der Waals surface area contributed by atoms with Gasteiger partial charge in [-0.15, -0.1) is 6.58 Å². The van der Waals surface area contributed by atoms with Crippen LogP contribution in [0.15, 0.2) is 67.3 Å². The Kier molecular flexibility index (Phi) is 4.13. The molecule has 0 aromatic heterocycles. The molecule has 0 saturated heterocycles. The molecule has 2 aromatic rings. The van der Waals surface area contributed by atoms with Gasteiger partial charge in [0.1, 0.15) is 0 Å². The second-order valence-electron chi connectivity index (χ2n) is 4.52. The van der Waals surface area contributed by atoms with Crippen molar-refractivity contribution in [1.82, 2.24) is 0 Å². The number of carbonyl (C=O) groups excluding carboxylic acids is 1. The first-order chi connectivity index (χ1) is 9.57. The number of aliphatic hydroxyl groups is 2. The van der Waals surface area contributed by atoms with E-state index >= 15 is 0 Å². The van der Waals surface area contributed by atoms with Gasteiger partial charge in [0.2, 0.25) is 5.78 Å². The fraction of sp³-hybridized carbons (Fsp3) is 0.118. The third kappa shape index (κ3) is 2.69. The fourth-order valence-electron chi connectivity index (χ4n) is 2.06. The number of rotatable bonds is 5. The fourth-order valence-corrected chi connectivity index (χ4v) is 2.06. The maximum atomic E-state index is 12.4. The molecule has 2 rings (SSSR count). The summed E-state index contributed by atoms with van der Waals surface area (Å²) in [6, 6.07) is 14.9. The maximum absolute atomic E-state index is 12.4. The van der Waals surface area contributed by atoms with E-state index in [0.717, 1.165) is 5.56 Å². The van der Waals surface area contributed by atoms with Crippen molar-refractivity contribution in [2.75, 3.05) is 0 Å². The predicted octanol–water partition coefficient (Wildman–Crippen LogP) is 2.44. The summed E-state index contributed by atoms with van der Waals surface area (Å²) >= 11 is 0. The van der Waals surface area contributed by atoms with Gasteiger partial charge in [-0.3, -0.25) is 4.79 Å². The van der Waals surface area contributed by atoms with Crippen molar-refractivity contribution < 1.29 is 15.0 Å². The first-order valence-electron chi connectivity index (χ1n) is 6.31. The topological polar surface area (TPSA) is 57.5 Å². The van der Waals surface area contributed by atoms with E-state index in [2.05, 4.69) is 6.58 Å². The van der Waals surface area contributed by atoms with Gasteiger partial charge in [-0.1, -0.05) is 60.7 Å². The number of Topliss-reactive ketones (excluding diaryl/α,β-unsaturated/α-hetero) is 1. The van der Waals surface area contributed by atoms with Crippen LogP contribution in [0.4, 0.5) is 0 Å². The van der Waals surface area contributed by atoms with Crippen LogP contribution < -0.4 is 0 Å². The Morgan fingerprint density at radius 3 is 2.30 bits per heavy atom. The molecule has 2 N–H and O–H groups in total. The van der Waals surface area contributed by atoms with Crippen molar-refractivity contribution >= 4 is 5.78 Å². The van der Waals surface area contributed by atoms with Crippen LogP contribution in [0.25, 0.3) is 0 Å². The third-order valence-corrected chi connectivity index (χ3v) is 3.12. The molecule has 20 heavy (non-hydrogen) atoms. The normalized spacial score (nSPS) is 11.1. The molecule has 0 amide bonds. The van der Waals surface area contributed by atoms with E-state index < -0.39 is 11.6 Å². The van der Waals surface area contributed by atoms with Gasteiger partial charge in [0.05, 0.1) is 0 Å². The van der Waals surface area contributed by atoms with Crippen molar-refractivity contribution in [3.05, 3.63) is 83.9 Å². The quantitative estimate of drug-likeness (QED) is 0.497. The molecule has 0 atom stereocenters. The van der Waals surface area contributed by atoms with Gasteiger partial charge >= 0.3 is 0 Å². The van der Waals surface area contributed by atoms with E-state index in [1.54, 1.807) is 48.5 Å². The average Bonchev–Trinajstić information content (AvgIpc) is 2.48. The van der Waals surface area contributed by atoms with Crippen LogP contribution in [-0.2, 0) is 12.2 Å². The Morgan fingerprint density at radius 2 is 1.65 bits per heavy atom. The summed E-state index contributed by atoms with van der Waals surface area (Å²) in [5, 5.41) is 20.4. The minimum absolute atomic E-state index is 0.151. The van der Waals surface area contributed by atoms with Crippen LogP contribution in [0, 0.1) is 0 Å². The van der Waals surface area contributed by atoms with E-state index in [1.165, 1.54) is 12.1 Å². The van der Waals surface area contributed by atoms with Gasteiger partial charge < -0.3 is 10.2 Å². The SMILES string of the molecule is C=CCc1ccccc1C(=O)C(O)(O)c1ccccc1. The molecule has 0 bridgehead atoms. The lowest BCUT2D eigenvalue weighted by Gasteiger charge is -2.21. The molecule has 0 aliphatic heterocycles. The Morgan fingerprint density at radius 1 is 1.05 bits per heavy atom. The number of benzene rings is 2. The van der Waals surface area contributed by atoms with E-state index in [4.69, 9.17) is 0 Å². The molecule has 3 heteroatoms. The highest BCUT2D eigenvalue weighted by Crippen LogP contribution is 2.25. The molecule has 0 radical (unpaired) electrons. The standard InChI is InChI=1S/C17H16O3/c1-2-8-13-9-6-7-12-15(13)16(18)17(19,20)14-10-4-3-5-11-14/h2-7,9-12,19-20H,1,8H2. The van der Waals surface area contributed by atoms with E-state index in [9.17, 15) is 15.0 Å². The maximum Gasteiger partial charge on any atom is 0.256 e. The summed E-state index contributed by atoms with van der Waals surface area (Å²) in [7, 11) is 0. The first kappa shape index (κ1) is 14.2. The minimum atomic E-state index is -2.53. The van der Waals surface area contributed by atoms with Crippen LogP contribution >= 0.6 is 0 Å². The number of allylic oxidation sites excluding steroid dienone is 1. The zero-order chi connectivity index (χ0) is 14.6. The zero-order valence-electron chi connectivity index (χ0n) is 11.0. The van der Waals surface area contributed by atoms with Crippen LogP contribution in [0.2, 0.25) is 0 Å². The van der Waals surface area contributed by atoms with E-state index in [-0.39, 0.29) is 5.56 Å². The van der Waals surface area contributed by atoms with Crippen LogP contribution in [0.3, 0.4) is 0 Å². The summed E-state index contributed by atoms with van der Waals surface area (Å²) in [6.07, 6.45) is 2.16. The van der Waals surface area contributed by atoms with E-state index in [1.807, 2.05) is 0 Å². The second-order valence-corrected chi connectivity index (χ2v) is 4.52. The number of hydrogen-bond acceptors (Lipinski definition) is 3. The molecule has 0 heterocycles. The zero-order valence-corrected chi connectivity index (χ0v) is 11.0. The lowest BCUT2D eigenvalue weighted by molar-refractivity contribution is -0.128. The summed E-state index contributed by atoms with van der Waals surface area (Å²) < 4.78 is 0. The molecule has 0 fully saturated rings. The largest absolute Gasteiger partial charge is 0.356 e. The summed E-state index contributed by atoms with van der Waals surface area (Å²) in [6.45, 7) is 3.64. The van der Waals surface area contributed by atoms with Gasteiger partial charge in [-0.25, -0.2) is 0 Å². The summed E-state index contributed by atoms with van der Waals surface area (Å²) in [5.41, 5.74) is 1.16. The molecule has 2 aromatic carbocycles. The van der Waals surface area contributed by atoms with Gasteiger partial charge in [-0.2, -0.15) is 0 Å². The molecule has 0 aliphatic carbocycles. The number of ketones is 1. The third-order valence-electron chi connectivity index (χ3n) is 3.12. The summed E-state index contributed by atoms with van der Waals surface area (Å²) in [5.74, 6) is -3.26. The van der Waals surface area contributed by atoms with Crippen LogP contribution in [-0.4, -0.2) is 16.0 Å². The van der Waals surface area contributed by atoms with Gasteiger partial charge in [-0.05, 0) is 12.0 Å². The van der Waals surface area contributed by atoms with Gasteiger partial charge in [0.15, 0.2) is 0 Å². The van der Waals surface area contributed by atoms with Crippen molar-refractivity contribution in [3.8, 4) is 0 Å². The van der Waals surface area contributed by atoms with Crippen LogP contribution in [0.1, 0.15) is 21.5 Å². The van der Waals surface area contributed by atoms with Gasteiger partial charge in [0.25, 0.3) is 5.79 Å². The van der Waals surface area contributed by atoms with Crippen molar-refractivity contribution in [2.24, 2.45) is 0 Å². The lowest BCUT2D eigenvalue weighted by Crippen LogP contribution is -2.36. The molecule has 0 spiro atoms. The average molecular weight is 268 g/mol. The predicted molar refractivity (Wildman–Crippen MR) is 77.2 cm³/mol. The highest BCUT2D eigenvalue weighted by molar-refractivity contribution is 6.02. The van der Waals surface area contributed by atoms with E-state index in [0.29, 0.717) is 12.0 Å². The first-order valence-corrected chi connectivity index (χ1v) is 6.31. The molecule has 0 unspecified atom stereocenters. The molecule has 102 valence electrons. The Bertz CT molecular complexity index is 615.